The summed E-state index contributed by atoms with van der Waals surface area (Å²) in [6, 6.07) is 14.2. The fourth-order valence-corrected chi connectivity index (χ4v) is 4.17. The van der Waals surface area contributed by atoms with Crippen molar-refractivity contribution < 1.29 is 14.7 Å². The van der Waals surface area contributed by atoms with Crippen LogP contribution in [-0.4, -0.2) is 46.0 Å². The first-order chi connectivity index (χ1) is 14.5. The second kappa shape index (κ2) is 8.77. The van der Waals surface area contributed by atoms with Gasteiger partial charge in [-0.15, -0.1) is 11.3 Å². The monoisotopic (exact) mass is 421 g/mol. The molecular weight excluding hydrogens is 398 g/mol. The largest absolute Gasteiger partial charge is 0.391 e. The van der Waals surface area contributed by atoms with Gasteiger partial charge in [0.05, 0.1) is 16.8 Å². The highest BCUT2D eigenvalue weighted by Crippen LogP contribution is 2.22. The number of nitrogens with zero attached hydrogens (tertiary/aromatic N) is 2. The van der Waals surface area contributed by atoms with Crippen molar-refractivity contribution in [2.24, 2.45) is 0 Å². The number of aromatic nitrogens is 1. The molecule has 1 fully saturated rings. The second-order valence-corrected chi connectivity index (χ2v) is 8.47. The quantitative estimate of drug-likeness (QED) is 0.668. The lowest BCUT2D eigenvalue weighted by Crippen LogP contribution is -2.42. The Morgan fingerprint density at radius 1 is 1.17 bits per heavy atom. The molecule has 4 rings (SSSR count). The summed E-state index contributed by atoms with van der Waals surface area (Å²) in [4.78, 5) is 31.5. The maximum absolute atomic E-state index is 12.7. The van der Waals surface area contributed by atoms with Gasteiger partial charge in [0.1, 0.15) is 0 Å². The summed E-state index contributed by atoms with van der Waals surface area (Å²) >= 11 is 1.59. The Bertz CT molecular complexity index is 1060. The molecule has 3 aromatic rings. The minimum Gasteiger partial charge on any atom is -0.391 e. The minimum atomic E-state index is -0.471. The van der Waals surface area contributed by atoms with Crippen LogP contribution in [-0.2, 0) is 0 Å². The van der Waals surface area contributed by atoms with Gasteiger partial charge in [0, 0.05) is 40.8 Å². The molecule has 1 atom stereocenters. The summed E-state index contributed by atoms with van der Waals surface area (Å²) < 4.78 is 0. The summed E-state index contributed by atoms with van der Waals surface area (Å²) in [5.41, 5.74) is 3.45. The molecule has 30 heavy (non-hydrogen) atoms. The van der Waals surface area contributed by atoms with Crippen LogP contribution in [0.25, 0.3) is 11.3 Å². The van der Waals surface area contributed by atoms with Gasteiger partial charge < -0.3 is 15.3 Å². The van der Waals surface area contributed by atoms with Crippen molar-refractivity contribution in [3.05, 3.63) is 70.0 Å². The van der Waals surface area contributed by atoms with Crippen molar-refractivity contribution >= 4 is 28.8 Å². The summed E-state index contributed by atoms with van der Waals surface area (Å²) in [7, 11) is 0. The Balaban J connectivity index is 1.44. The Labute approximate surface area is 179 Å². The molecule has 0 aliphatic carbocycles. The van der Waals surface area contributed by atoms with E-state index in [1.807, 2.05) is 24.4 Å². The fourth-order valence-electron chi connectivity index (χ4n) is 3.54. The normalized spacial score (nSPS) is 16.3. The molecule has 0 saturated carbocycles. The topological polar surface area (TPSA) is 82.5 Å². The van der Waals surface area contributed by atoms with Crippen molar-refractivity contribution in [2.45, 2.75) is 25.9 Å². The number of thiazole rings is 1. The number of rotatable bonds is 4. The zero-order valence-electron chi connectivity index (χ0n) is 16.7. The van der Waals surface area contributed by atoms with E-state index in [-0.39, 0.29) is 11.8 Å². The van der Waals surface area contributed by atoms with Crippen molar-refractivity contribution in [1.29, 1.82) is 0 Å². The van der Waals surface area contributed by atoms with Gasteiger partial charge in [-0.25, -0.2) is 4.98 Å². The summed E-state index contributed by atoms with van der Waals surface area (Å²) in [6.07, 6.45) is 1.04. The average Bonchev–Trinajstić information content (AvgIpc) is 3.20. The Morgan fingerprint density at radius 2 is 1.97 bits per heavy atom. The summed E-state index contributed by atoms with van der Waals surface area (Å²) in [6.45, 7) is 2.94. The van der Waals surface area contributed by atoms with Gasteiger partial charge in [0.25, 0.3) is 11.8 Å². The maximum atomic E-state index is 12.7. The number of aryl methyl sites for hydroxylation is 1. The molecule has 1 aromatic heterocycles. The van der Waals surface area contributed by atoms with Crippen molar-refractivity contribution in [1.82, 2.24) is 9.88 Å². The maximum Gasteiger partial charge on any atom is 0.255 e. The minimum absolute atomic E-state index is 0.132. The fraction of sp³-hybridized carbons (Fsp3) is 0.261. The van der Waals surface area contributed by atoms with E-state index in [9.17, 15) is 14.7 Å². The van der Waals surface area contributed by atoms with Crippen LogP contribution in [0.1, 0.15) is 38.6 Å². The molecule has 2 amide bonds. The van der Waals surface area contributed by atoms with Crippen molar-refractivity contribution in [3.63, 3.8) is 0 Å². The molecule has 0 bridgehead atoms. The van der Waals surface area contributed by atoms with Crippen LogP contribution in [0.4, 0.5) is 5.69 Å². The van der Waals surface area contributed by atoms with Gasteiger partial charge in [-0.2, -0.15) is 0 Å². The smallest absolute Gasteiger partial charge is 0.255 e. The number of piperidine rings is 1. The average molecular weight is 422 g/mol. The van der Waals surface area contributed by atoms with Crippen LogP contribution >= 0.6 is 11.3 Å². The number of hydrogen-bond donors (Lipinski definition) is 2. The number of carbonyl (C=O) groups is 2. The van der Waals surface area contributed by atoms with Gasteiger partial charge in [-0.3, -0.25) is 9.59 Å². The molecular formula is C23H23N3O3S. The Morgan fingerprint density at radius 3 is 2.67 bits per heavy atom. The standard InChI is InChI=1S/C23H23N3O3S/c1-15-24-21(14-30-15)16-7-9-17(10-8-16)22(28)25-19-5-2-4-18(12-19)23(29)26-11-3-6-20(27)13-26/h2,4-5,7-10,12,14,20,27H,3,6,11,13H2,1H3,(H,25,28). The van der Waals surface area contributed by atoms with Crippen LogP contribution in [0.3, 0.4) is 0 Å². The first kappa shape index (κ1) is 20.3. The second-order valence-electron chi connectivity index (χ2n) is 7.41. The SMILES string of the molecule is Cc1nc(-c2ccc(C(=O)Nc3cccc(C(=O)N4CCCC(O)C4)c3)cc2)cs1. The molecule has 1 aliphatic rings. The highest BCUT2D eigenvalue weighted by atomic mass is 32.1. The molecule has 2 aromatic carbocycles. The number of nitrogens with one attached hydrogen (secondary N) is 1. The number of aliphatic hydroxyl groups is 1. The van der Waals surface area contributed by atoms with E-state index in [4.69, 9.17) is 0 Å². The van der Waals surface area contributed by atoms with E-state index in [2.05, 4.69) is 10.3 Å². The van der Waals surface area contributed by atoms with Gasteiger partial charge in [0.15, 0.2) is 0 Å². The lowest BCUT2D eigenvalue weighted by atomic mass is 10.1. The molecule has 7 heteroatoms. The third kappa shape index (κ3) is 4.58. The highest BCUT2D eigenvalue weighted by molar-refractivity contribution is 7.09. The van der Waals surface area contributed by atoms with E-state index in [0.29, 0.717) is 29.9 Å². The van der Waals surface area contributed by atoms with E-state index < -0.39 is 6.10 Å². The number of amides is 2. The van der Waals surface area contributed by atoms with Gasteiger partial charge in [-0.05, 0) is 50.1 Å². The molecule has 1 unspecified atom stereocenters. The lowest BCUT2D eigenvalue weighted by Gasteiger charge is -2.30. The number of likely N-dealkylation sites (tertiary alicyclic amines) is 1. The zero-order chi connectivity index (χ0) is 21.1. The molecule has 2 heterocycles. The predicted molar refractivity (Wildman–Crippen MR) is 118 cm³/mol. The van der Waals surface area contributed by atoms with E-state index in [1.165, 1.54) is 0 Å². The third-order valence-electron chi connectivity index (χ3n) is 5.11. The van der Waals surface area contributed by atoms with E-state index in [0.717, 1.165) is 29.1 Å². The number of aliphatic hydroxyl groups excluding tert-OH is 1. The van der Waals surface area contributed by atoms with Crippen LogP contribution in [0.2, 0.25) is 0 Å². The number of benzene rings is 2. The van der Waals surface area contributed by atoms with Crippen LogP contribution < -0.4 is 5.32 Å². The summed E-state index contributed by atoms with van der Waals surface area (Å²) in [5, 5.41) is 15.7. The Hall–Kier alpha value is -3.03. The highest BCUT2D eigenvalue weighted by Gasteiger charge is 2.23. The molecule has 0 spiro atoms. The molecule has 2 N–H and O–H groups in total. The first-order valence-electron chi connectivity index (χ1n) is 9.91. The van der Waals surface area contributed by atoms with Crippen LogP contribution in [0.15, 0.2) is 53.9 Å². The predicted octanol–water partition coefficient (Wildman–Crippen LogP) is 3.97. The van der Waals surface area contributed by atoms with Gasteiger partial charge >= 0.3 is 0 Å². The Kier molecular flexibility index (Phi) is 5.92. The summed E-state index contributed by atoms with van der Waals surface area (Å²) in [5.74, 6) is -0.373. The van der Waals surface area contributed by atoms with Gasteiger partial charge in [0.2, 0.25) is 0 Å². The van der Waals surface area contributed by atoms with Crippen molar-refractivity contribution in [3.8, 4) is 11.3 Å². The van der Waals surface area contributed by atoms with Crippen LogP contribution in [0, 0.1) is 6.92 Å². The molecule has 1 saturated heterocycles. The zero-order valence-corrected chi connectivity index (χ0v) is 17.5. The number of carbonyl (C=O) groups excluding carboxylic acids is 2. The third-order valence-corrected chi connectivity index (χ3v) is 5.89. The molecule has 1 aliphatic heterocycles. The number of β-amino-alcohol motifs (C(OH)–C–C–N with tert-alkyl or cyclic N) is 1. The molecule has 154 valence electrons. The number of anilines is 1. The van der Waals surface area contributed by atoms with Crippen LogP contribution in [0.5, 0.6) is 0 Å². The van der Waals surface area contributed by atoms with E-state index >= 15 is 0 Å². The number of hydrogen-bond acceptors (Lipinski definition) is 5. The van der Waals surface area contributed by atoms with Crippen molar-refractivity contribution in [2.75, 3.05) is 18.4 Å². The first-order valence-corrected chi connectivity index (χ1v) is 10.8. The lowest BCUT2D eigenvalue weighted by molar-refractivity contribution is 0.0474. The molecule has 0 radical (unpaired) electrons. The van der Waals surface area contributed by atoms with Gasteiger partial charge in [-0.1, -0.05) is 18.2 Å². The molecule has 6 nitrogen and oxygen atoms in total. The van der Waals surface area contributed by atoms with E-state index in [1.54, 1.807) is 52.6 Å².